The van der Waals surface area contributed by atoms with Crippen molar-refractivity contribution in [1.29, 1.82) is 0 Å². The number of aliphatic imine (C=N–C) groups is 1. The van der Waals surface area contributed by atoms with E-state index in [-0.39, 0.29) is 11.2 Å². The SMILES string of the molecule is CCNC(=NCc1cccc(N(C)C)n1)NCC(C)(C)c1cccc(F)c1. The van der Waals surface area contributed by atoms with E-state index in [1.54, 1.807) is 12.1 Å². The molecule has 0 radical (unpaired) electrons. The molecule has 1 aromatic carbocycles. The van der Waals surface area contributed by atoms with Gasteiger partial charge < -0.3 is 15.5 Å². The molecule has 27 heavy (non-hydrogen) atoms. The topological polar surface area (TPSA) is 52.6 Å². The van der Waals surface area contributed by atoms with E-state index in [4.69, 9.17) is 0 Å². The number of nitrogens with one attached hydrogen (secondary N) is 2. The second kappa shape index (κ2) is 9.35. The molecule has 146 valence electrons. The fourth-order valence-electron chi connectivity index (χ4n) is 2.62. The summed E-state index contributed by atoms with van der Waals surface area (Å²) in [6.07, 6.45) is 0. The summed E-state index contributed by atoms with van der Waals surface area (Å²) in [5.74, 6) is 1.42. The fourth-order valence-corrected chi connectivity index (χ4v) is 2.62. The van der Waals surface area contributed by atoms with Crippen molar-refractivity contribution in [2.45, 2.75) is 32.7 Å². The molecule has 0 amide bonds. The monoisotopic (exact) mass is 371 g/mol. The first-order valence-electron chi connectivity index (χ1n) is 9.23. The Balaban J connectivity index is 2.06. The van der Waals surface area contributed by atoms with Crippen LogP contribution in [0.1, 0.15) is 32.0 Å². The van der Waals surface area contributed by atoms with Crippen LogP contribution >= 0.6 is 0 Å². The molecular formula is C21H30FN5. The van der Waals surface area contributed by atoms with Crippen molar-refractivity contribution in [3.05, 3.63) is 59.5 Å². The van der Waals surface area contributed by atoms with Gasteiger partial charge in [0.25, 0.3) is 0 Å². The lowest BCUT2D eigenvalue weighted by molar-refractivity contribution is 0.503. The molecule has 0 atom stereocenters. The molecule has 5 nitrogen and oxygen atoms in total. The molecule has 0 aliphatic carbocycles. The average Bonchev–Trinajstić information content (AvgIpc) is 2.64. The van der Waals surface area contributed by atoms with Gasteiger partial charge in [0, 0.05) is 32.6 Å². The summed E-state index contributed by atoms with van der Waals surface area (Å²) in [5.41, 5.74) is 1.62. The molecule has 0 aliphatic heterocycles. The Hall–Kier alpha value is -2.63. The Labute approximate surface area is 161 Å². The first-order chi connectivity index (χ1) is 12.8. The van der Waals surface area contributed by atoms with Gasteiger partial charge in [-0.2, -0.15) is 0 Å². The Morgan fingerprint density at radius 1 is 1.15 bits per heavy atom. The molecule has 0 unspecified atom stereocenters. The van der Waals surface area contributed by atoms with E-state index in [2.05, 4.69) is 34.5 Å². The van der Waals surface area contributed by atoms with Gasteiger partial charge in [0.2, 0.25) is 0 Å². The van der Waals surface area contributed by atoms with Gasteiger partial charge in [0.1, 0.15) is 11.6 Å². The number of aromatic nitrogens is 1. The quantitative estimate of drug-likeness (QED) is 0.579. The molecule has 0 aliphatic rings. The van der Waals surface area contributed by atoms with Crippen LogP contribution in [0.15, 0.2) is 47.5 Å². The Kier molecular flexibility index (Phi) is 7.16. The van der Waals surface area contributed by atoms with Gasteiger partial charge in [-0.05, 0) is 36.8 Å². The largest absolute Gasteiger partial charge is 0.363 e. The summed E-state index contributed by atoms with van der Waals surface area (Å²) >= 11 is 0. The number of pyridine rings is 1. The maximum atomic E-state index is 13.5. The maximum Gasteiger partial charge on any atom is 0.191 e. The summed E-state index contributed by atoms with van der Waals surface area (Å²) in [6, 6.07) is 12.7. The zero-order valence-corrected chi connectivity index (χ0v) is 16.9. The van der Waals surface area contributed by atoms with Crippen molar-refractivity contribution in [3.63, 3.8) is 0 Å². The van der Waals surface area contributed by atoms with Crippen LogP contribution in [0.25, 0.3) is 0 Å². The third-order valence-electron chi connectivity index (χ3n) is 4.30. The molecule has 2 aromatic rings. The minimum absolute atomic E-state index is 0.215. The van der Waals surface area contributed by atoms with E-state index in [0.29, 0.717) is 13.1 Å². The lowest BCUT2D eigenvalue weighted by Gasteiger charge is -2.27. The predicted octanol–water partition coefficient (Wildman–Crippen LogP) is 3.32. The molecule has 1 aromatic heterocycles. The van der Waals surface area contributed by atoms with Crippen LogP contribution in [0.4, 0.5) is 10.2 Å². The van der Waals surface area contributed by atoms with Crippen molar-refractivity contribution in [3.8, 4) is 0 Å². The number of hydrogen-bond acceptors (Lipinski definition) is 3. The molecule has 6 heteroatoms. The summed E-state index contributed by atoms with van der Waals surface area (Å²) < 4.78 is 13.5. The first-order valence-corrected chi connectivity index (χ1v) is 9.23. The summed E-state index contributed by atoms with van der Waals surface area (Å²) in [5, 5.41) is 6.62. The van der Waals surface area contributed by atoms with Crippen LogP contribution < -0.4 is 15.5 Å². The second-order valence-corrected chi connectivity index (χ2v) is 7.32. The number of guanidine groups is 1. The van der Waals surface area contributed by atoms with Crippen LogP contribution in [0.2, 0.25) is 0 Å². The van der Waals surface area contributed by atoms with Gasteiger partial charge in [-0.25, -0.2) is 14.4 Å². The van der Waals surface area contributed by atoms with Crippen LogP contribution in [-0.2, 0) is 12.0 Å². The highest BCUT2D eigenvalue weighted by molar-refractivity contribution is 5.79. The van der Waals surface area contributed by atoms with E-state index < -0.39 is 0 Å². The van der Waals surface area contributed by atoms with E-state index in [0.717, 1.165) is 29.6 Å². The van der Waals surface area contributed by atoms with Crippen LogP contribution in [0, 0.1) is 5.82 Å². The Morgan fingerprint density at radius 3 is 2.56 bits per heavy atom. The maximum absolute atomic E-state index is 13.5. The molecule has 2 rings (SSSR count). The highest BCUT2D eigenvalue weighted by atomic mass is 19.1. The highest BCUT2D eigenvalue weighted by Gasteiger charge is 2.21. The summed E-state index contributed by atoms with van der Waals surface area (Å²) in [4.78, 5) is 11.2. The predicted molar refractivity (Wildman–Crippen MR) is 111 cm³/mol. The lowest BCUT2D eigenvalue weighted by Crippen LogP contribution is -2.43. The number of hydrogen-bond donors (Lipinski definition) is 2. The van der Waals surface area contributed by atoms with Crippen LogP contribution in [0.5, 0.6) is 0 Å². The van der Waals surface area contributed by atoms with Gasteiger partial charge in [-0.3, -0.25) is 0 Å². The van der Waals surface area contributed by atoms with Crippen molar-refractivity contribution in [2.75, 3.05) is 32.1 Å². The third-order valence-corrected chi connectivity index (χ3v) is 4.30. The second-order valence-electron chi connectivity index (χ2n) is 7.32. The van der Waals surface area contributed by atoms with Gasteiger partial charge >= 0.3 is 0 Å². The van der Waals surface area contributed by atoms with Crippen molar-refractivity contribution >= 4 is 11.8 Å². The van der Waals surface area contributed by atoms with Crippen molar-refractivity contribution in [2.24, 2.45) is 4.99 Å². The molecular weight excluding hydrogens is 341 g/mol. The number of anilines is 1. The lowest BCUT2D eigenvalue weighted by atomic mass is 9.84. The fraction of sp³-hybridized carbons (Fsp3) is 0.429. The van der Waals surface area contributed by atoms with E-state index in [1.165, 1.54) is 6.07 Å². The highest BCUT2D eigenvalue weighted by Crippen LogP contribution is 2.22. The Bertz CT molecular complexity index is 771. The summed E-state index contributed by atoms with van der Waals surface area (Å²) in [7, 11) is 3.94. The molecule has 0 fully saturated rings. The summed E-state index contributed by atoms with van der Waals surface area (Å²) in [6.45, 7) is 8.07. The Morgan fingerprint density at radius 2 is 1.89 bits per heavy atom. The van der Waals surface area contributed by atoms with Crippen molar-refractivity contribution in [1.82, 2.24) is 15.6 Å². The zero-order valence-electron chi connectivity index (χ0n) is 16.9. The van der Waals surface area contributed by atoms with E-state index in [1.807, 2.05) is 50.2 Å². The van der Waals surface area contributed by atoms with E-state index >= 15 is 0 Å². The van der Waals surface area contributed by atoms with Gasteiger partial charge in [-0.15, -0.1) is 0 Å². The molecule has 0 bridgehead atoms. The average molecular weight is 372 g/mol. The number of benzene rings is 1. The minimum atomic E-state index is -0.235. The first kappa shape index (κ1) is 20.7. The van der Waals surface area contributed by atoms with E-state index in [9.17, 15) is 4.39 Å². The number of halogens is 1. The van der Waals surface area contributed by atoms with Crippen molar-refractivity contribution < 1.29 is 4.39 Å². The smallest absolute Gasteiger partial charge is 0.191 e. The van der Waals surface area contributed by atoms with Crippen LogP contribution in [0.3, 0.4) is 0 Å². The third kappa shape index (κ3) is 6.24. The van der Waals surface area contributed by atoms with Crippen LogP contribution in [-0.4, -0.2) is 38.1 Å². The molecule has 1 heterocycles. The standard InChI is InChI=1S/C21H30FN5/c1-6-23-20(24-14-18-11-8-12-19(26-18)27(4)5)25-15-21(2,3)16-9-7-10-17(22)13-16/h7-13H,6,14-15H2,1-5H3,(H2,23,24,25). The van der Waals surface area contributed by atoms with Gasteiger partial charge in [-0.1, -0.05) is 32.0 Å². The molecule has 0 saturated heterocycles. The normalized spacial score (nSPS) is 12.0. The van der Waals surface area contributed by atoms with Gasteiger partial charge in [0.05, 0.1) is 12.2 Å². The van der Waals surface area contributed by atoms with Gasteiger partial charge in [0.15, 0.2) is 5.96 Å². The molecule has 0 spiro atoms. The number of rotatable bonds is 7. The molecule has 0 saturated carbocycles. The minimum Gasteiger partial charge on any atom is -0.363 e. The zero-order chi connectivity index (χ0) is 19.9. The number of nitrogens with zero attached hydrogens (tertiary/aromatic N) is 3. The molecule has 2 N–H and O–H groups in total.